The predicted molar refractivity (Wildman–Crippen MR) is 52.2 cm³/mol. The molecule has 0 unspecified atom stereocenters. The van der Waals surface area contributed by atoms with Gasteiger partial charge in [0.1, 0.15) is 0 Å². The van der Waals surface area contributed by atoms with Crippen molar-refractivity contribution in [3.8, 4) is 0 Å². The average Bonchev–Trinajstić information content (AvgIpc) is 2.02. The molecule has 1 aromatic heterocycles. The third-order valence-electron chi connectivity index (χ3n) is 1.48. The lowest BCUT2D eigenvalue weighted by atomic mass is 10.4. The molecule has 0 bridgehead atoms. The van der Waals surface area contributed by atoms with Crippen LogP contribution in [0.15, 0.2) is 17.4 Å². The van der Waals surface area contributed by atoms with Crippen LogP contribution in [-0.4, -0.2) is 24.4 Å². The van der Waals surface area contributed by atoms with Crippen molar-refractivity contribution in [2.24, 2.45) is 0 Å². The Hall–Kier alpha value is -1.01. The number of rotatable bonds is 3. The lowest BCUT2D eigenvalue weighted by Gasteiger charge is -2.09. The smallest absolute Gasteiger partial charge is 0.257 e. The zero-order chi connectivity index (χ0) is 10.8. The molecule has 0 atom stereocenters. The number of hydrogen-bond acceptors (Lipinski definition) is 4. The van der Waals surface area contributed by atoms with Crippen molar-refractivity contribution in [2.75, 3.05) is 0 Å². The lowest BCUT2D eigenvalue weighted by Crippen LogP contribution is -2.31. The number of nitrogens with zero attached hydrogens (tertiary/aromatic N) is 2. The zero-order valence-electron chi connectivity index (χ0n) is 8.35. The van der Waals surface area contributed by atoms with E-state index in [0.717, 1.165) is 0 Å². The largest absolute Gasteiger partial charge is 0.260 e. The maximum Gasteiger partial charge on any atom is 0.260 e. The molecule has 1 N–H and O–H groups in total. The minimum Gasteiger partial charge on any atom is -0.257 e. The first kappa shape index (κ1) is 11.1. The second kappa shape index (κ2) is 4.02. The minimum atomic E-state index is -3.51. The van der Waals surface area contributed by atoms with E-state index in [0.29, 0.717) is 5.69 Å². The highest BCUT2D eigenvalue weighted by Gasteiger charge is 2.19. The van der Waals surface area contributed by atoms with Crippen molar-refractivity contribution in [2.45, 2.75) is 31.8 Å². The number of aryl methyl sites for hydroxylation is 1. The number of sulfonamides is 1. The van der Waals surface area contributed by atoms with E-state index < -0.39 is 10.0 Å². The van der Waals surface area contributed by atoms with Crippen molar-refractivity contribution in [1.82, 2.24) is 14.7 Å². The van der Waals surface area contributed by atoms with Gasteiger partial charge in [0.05, 0.1) is 5.69 Å². The Morgan fingerprint density at radius 3 is 2.36 bits per heavy atom. The summed E-state index contributed by atoms with van der Waals surface area (Å²) in [6.07, 6.45) is 2.83. The Balaban J connectivity index is 3.11. The second-order valence-corrected chi connectivity index (χ2v) is 4.85. The second-order valence-electron chi connectivity index (χ2n) is 3.22. The molecule has 6 heteroatoms. The van der Waals surface area contributed by atoms with Gasteiger partial charge in [0.15, 0.2) is 5.03 Å². The fraction of sp³-hybridized carbons (Fsp3) is 0.500. The third-order valence-corrected chi connectivity index (χ3v) is 3.17. The quantitative estimate of drug-likeness (QED) is 0.795. The van der Waals surface area contributed by atoms with Gasteiger partial charge in [-0.15, -0.1) is 0 Å². The van der Waals surface area contributed by atoms with E-state index in [9.17, 15) is 8.42 Å². The first-order valence-corrected chi connectivity index (χ1v) is 5.72. The Bertz CT molecular complexity index is 414. The topological polar surface area (TPSA) is 72.0 Å². The van der Waals surface area contributed by atoms with Crippen LogP contribution >= 0.6 is 0 Å². The first-order chi connectivity index (χ1) is 6.43. The van der Waals surface area contributed by atoms with E-state index in [2.05, 4.69) is 14.7 Å². The Morgan fingerprint density at radius 1 is 1.29 bits per heavy atom. The summed E-state index contributed by atoms with van der Waals surface area (Å²) >= 11 is 0. The van der Waals surface area contributed by atoms with Crippen LogP contribution in [-0.2, 0) is 10.0 Å². The molecule has 1 aromatic rings. The molecule has 1 heterocycles. The SMILES string of the molecule is Cc1nccnc1S(=O)(=O)NC(C)C. The molecule has 0 aliphatic heterocycles. The van der Waals surface area contributed by atoms with E-state index in [4.69, 9.17) is 0 Å². The first-order valence-electron chi connectivity index (χ1n) is 4.23. The van der Waals surface area contributed by atoms with Gasteiger partial charge in [-0.25, -0.2) is 18.1 Å². The molecule has 0 aliphatic carbocycles. The predicted octanol–water partition coefficient (Wildman–Crippen LogP) is 0.472. The molecule has 0 saturated heterocycles. The molecule has 0 spiro atoms. The highest BCUT2D eigenvalue weighted by molar-refractivity contribution is 7.89. The highest BCUT2D eigenvalue weighted by Crippen LogP contribution is 2.08. The molecule has 0 radical (unpaired) electrons. The Morgan fingerprint density at radius 2 is 1.86 bits per heavy atom. The molecule has 14 heavy (non-hydrogen) atoms. The van der Waals surface area contributed by atoms with E-state index in [1.165, 1.54) is 12.4 Å². The number of hydrogen-bond donors (Lipinski definition) is 1. The van der Waals surface area contributed by atoms with Crippen LogP contribution in [0.4, 0.5) is 0 Å². The molecule has 78 valence electrons. The molecule has 0 aliphatic rings. The van der Waals surface area contributed by atoms with Crippen LogP contribution in [0.3, 0.4) is 0 Å². The Kier molecular flexibility index (Phi) is 3.17. The molecular formula is C8H13N3O2S. The summed E-state index contributed by atoms with van der Waals surface area (Å²) in [5.74, 6) is 0. The van der Waals surface area contributed by atoms with Gasteiger partial charge in [0, 0.05) is 18.4 Å². The van der Waals surface area contributed by atoms with Gasteiger partial charge in [-0.3, -0.25) is 4.98 Å². The van der Waals surface area contributed by atoms with Gasteiger partial charge < -0.3 is 0 Å². The van der Waals surface area contributed by atoms with E-state index in [1.54, 1.807) is 20.8 Å². The standard InChI is InChI=1S/C8H13N3O2S/c1-6(2)11-14(12,13)8-7(3)9-4-5-10-8/h4-6,11H,1-3H3. The molecule has 5 nitrogen and oxygen atoms in total. The van der Waals surface area contributed by atoms with Gasteiger partial charge >= 0.3 is 0 Å². The third kappa shape index (κ3) is 2.49. The summed E-state index contributed by atoms with van der Waals surface area (Å²) in [5, 5.41) is -0.00583. The fourth-order valence-electron chi connectivity index (χ4n) is 1.02. The van der Waals surface area contributed by atoms with Crippen molar-refractivity contribution < 1.29 is 8.42 Å². The summed E-state index contributed by atoms with van der Waals surface area (Å²) in [6.45, 7) is 5.12. The fourth-order valence-corrected chi connectivity index (χ4v) is 2.40. The molecule has 0 amide bonds. The summed E-state index contributed by atoms with van der Waals surface area (Å²) in [4.78, 5) is 7.66. The zero-order valence-corrected chi connectivity index (χ0v) is 9.17. The normalized spacial score (nSPS) is 12.0. The van der Waals surface area contributed by atoms with Gasteiger partial charge in [0.2, 0.25) is 0 Å². The minimum absolute atomic E-state index is 0.00583. The van der Waals surface area contributed by atoms with E-state index >= 15 is 0 Å². The maximum absolute atomic E-state index is 11.6. The molecule has 1 rings (SSSR count). The average molecular weight is 215 g/mol. The van der Waals surface area contributed by atoms with Crippen LogP contribution in [0.1, 0.15) is 19.5 Å². The van der Waals surface area contributed by atoms with E-state index in [1.807, 2.05) is 0 Å². The summed E-state index contributed by atoms with van der Waals surface area (Å²) in [6, 6.07) is -0.151. The summed E-state index contributed by atoms with van der Waals surface area (Å²) in [7, 11) is -3.51. The van der Waals surface area contributed by atoms with Crippen molar-refractivity contribution >= 4 is 10.0 Å². The van der Waals surface area contributed by atoms with Gasteiger partial charge in [0.25, 0.3) is 10.0 Å². The maximum atomic E-state index is 11.6. The number of aromatic nitrogens is 2. The van der Waals surface area contributed by atoms with Gasteiger partial charge in [-0.2, -0.15) is 0 Å². The van der Waals surface area contributed by atoms with Crippen LogP contribution < -0.4 is 4.72 Å². The van der Waals surface area contributed by atoms with Crippen molar-refractivity contribution in [3.05, 3.63) is 18.1 Å². The lowest BCUT2D eigenvalue weighted by molar-refractivity contribution is 0.564. The van der Waals surface area contributed by atoms with Crippen LogP contribution in [0.2, 0.25) is 0 Å². The molecule has 0 fully saturated rings. The van der Waals surface area contributed by atoms with E-state index in [-0.39, 0.29) is 11.1 Å². The van der Waals surface area contributed by atoms with Gasteiger partial charge in [-0.05, 0) is 20.8 Å². The monoisotopic (exact) mass is 215 g/mol. The molecule has 0 aromatic carbocycles. The summed E-state index contributed by atoms with van der Waals surface area (Å²) < 4.78 is 25.7. The number of nitrogens with one attached hydrogen (secondary N) is 1. The van der Waals surface area contributed by atoms with Crippen molar-refractivity contribution in [3.63, 3.8) is 0 Å². The van der Waals surface area contributed by atoms with Crippen LogP contribution in [0.5, 0.6) is 0 Å². The van der Waals surface area contributed by atoms with Crippen LogP contribution in [0.25, 0.3) is 0 Å². The van der Waals surface area contributed by atoms with Crippen LogP contribution in [0, 0.1) is 6.92 Å². The van der Waals surface area contributed by atoms with Crippen molar-refractivity contribution in [1.29, 1.82) is 0 Å². The highest BCUT2D eigenvalue weighted by atomic mass is 32.2. The summed E-state index contributed by atoms with van der Waals surface area (Å²) in [5.41, 5.74) is 0.403. The molecule has 0 saturated carbocycles. The molecular weight excluding hydrogens is 202 g/mol. The van der Waals surface area contributed by atoms with Gasteiger partial charge in [-0.1, -0.05) is 0 Å². The Labute approximate surface area is 83.6 Å².